The molecule has 126 valence electrons. The quantitative estimate of drug-likeness (QED) is 0.861. The van der Waals surface area contributed by atoms with Crippen LogP contribution in [0, 0.1) is 11.8 Å². The zero-order valence-corrected chi connectivity index (χ0v) is 12.8. The number of aliphatic hydroxyl groups is 1. The Hall–Kier alpha value is -1.37. The Morgan fingerprint density at radius 1 is 1.00 bits per heavy atom. The Kier molecular flexibility index (Phi) is 3.51. The minimum Gasteiger partial charge on any atom is -0.393 e. The molecule has 1 aromatic rings. The van der Waals surface area contributed by atoms with Crippen LogP contribution in [0.2, 0.25) is 0 Å². The lowest BCUT2D eigenvalue weighted by atomic mass is 9.94. The first-order valence-corrected chi connectivity index (χ1v) is 8.32. The van der Waals surface area contributed by atoms with Crippen LogP contribution < -0.4 is 4.90 Å². The lowest BCUT2D eigenvalue weighted by molar-refractivity contribution is -0.142. The van der Waals surface area contributed by atoms with E-state index in [1.165, 1.54) is 0 Å². The highest BCUT2D eigenvalue weighted by Gasteiger charge is 2.43. The van der Waals surface area contributed by atoms with Gasteiger partial charge < -0.3 is 10.0 Å². The van der Waals surface area contributed by atoms with E-state index in [0.717, 1.165) is 25.7 Å². The normalized spacial score (nSPS) is 30.4. The van der Waals surface area contributed by atoms with Gasteiger partial charge in [0.1, 0.15) is 0 Å². The van der Waals surface area contributed by atoms with Gasteiger partial charge in [0.15, 0.2) is 5.69 Å². The molecule has 2 aliphatic carbocycles. The second-order valence-corrected chi connectivity index (χ2v) is 7.05. The van der Waals surface area contributed by atoms with Gasteiger partial charge >= 0.3 is 6.18 Å². The summed E-state index contributed by atoms with van der Waals surface area (Å²) in [6, 6.07) is 0. The molecule has 3 aliphatic rings. The van der Waals surface area contributed by atoms with E-state index in [0.29, 0.717) is 49.0 Å². The SMILES string of the molecule is OC1C[C@@H]2CN(c3nc4c(c(C(F)(F)F)n3)CCCC4)C[C@@H]2C1. The number of aryl methyl sites for hydroxylation is 1. The Labute approximate surface area is 132 Å². The van der Waals surface area contributed by atoms with Gasteiger partial charge in [0, 0.05) is 24.3 Å². The number of aromatic nitrogens is 2. The molecule has 0 radical (unpaired) electrons. The van der Waals surface area contributed by atoms with Crippen molar-refractivity contribution in [1.82, 2.24) is 9.97 Å². The van der Waals surface area contributed by atoms with E-state index < -0.39 is 11.9 Å². The molecule has 4 rings (SSSR count). The molecule has 23 heavy (non-hydrogen) atoms. The molecule has 1 saturated heterocycles. The number of hydrogen-bond acceptors (Lipinski definition) is 4. The number of aliphatic hydroxyl groups excluding tert-OH is 1. The van der Waals surface area contributed by atoms with Crippen LogP contribution in [0.4, 0.5) is 19.1 Å². The topological polar surface area (TPSA) is 49.2 Å². The Bertz CT molecular complexity index is 605. The van der Waals surface area contributed by atoms with Crippen molar-refractivity contribution >= 4 is 5.95 Å². The van der Waals surface area contributed by atoms with Crippen LogP contribution in [0.5, 0.6) is 0 Å². The molecule has 0 bridgehead atoms. The molecular formula is C16H20F3N3O. The van der Waals surface area contributed by atoms with Gasteiger partial charge in [0.05, 0.1) is 6.10 Å². The molecule has 0 spiro atoms. The minimum absolute atomic E-state index is 0.224. The zero-order chi connectivity index (χ0) is 16.2. The van der Waals surface area contributed by atoms with Gasteiger partial charge in [-0.05, 0) is 50.4 Å². The highest BCUT2D eigenvalue weighted by Crippen LogP contribution is 2.41. The maximum absolute atomic E-state index is 13.4. The number of rotatable bonds is 1. The average molecular weight is 327 g/mol. The summed E-state index contributed by atoms with van der Waals surface area (Å²) in [6.45, 7) is 1.30. The maximum atomic E-state index is 13.4. The molecule has 2 fully saturated rings. The molecule has 0 amide bonds. The molecule has 1 aromatic heterocycles. The second kappa shape index (κ2) is 5.33. The first kappa shape index (κ1) is 15.2. The van der Waals surface area contributed by atoms with E-state index in [2.05, 4.69) is 9.97 Å². The fourth-order valence-corrected chi connectivity index (χ4v) is 4.39. The summed E-state index contributed by atoms with van der Waals surface area (Å²) in [7, 11) is 0. The molecule has 1 aliphatic heterocycles. The first-order chi connectivity index (χ1) is 10.9. The van der Waals surface area contributed by atoms with Crippen molar-refractivity contribution < 1.29 is 18.3 Å². The number of hydrogen-bond donors (Lipinski definition) is 1. The molecule has 2 heterocycles. The monoisotopic (exact) mass is 327 g/mol. The third-order valence-corrected chi connectivity index (χ3v) is 5.45. The number of halogens is 3. The van der Waals surface area contributed by atoms with Crippen LogP contribution >= 0.6 is 0 Å². The van der Waals surface area contributed by atoms with Gasteiger partial charge in [-0.3, -0.25) is 0 Å². The number of fused-ring (bicyclic) bond motifs is 2. The lowest BCUT2D eigenvalue weighted by Gasteiger charge is -2.24. The van der Waals surface area contributed by atoms with E-state index in [4.69, 9.17) is 0 Å². The fraction of sp³-hybridized carbons (Fsp3) is 0.750. The summed E-state index contributed by atoms with van der Waals surface area (Å²) >= 11 is 0. The standard InChI is InChI=1S/C16H20F3N3O/c17-16(18,19)14-12-3-1-2-4-13(12)20-15(21-14)22-7-9-5-11(23)6-10(9)8-22/h9-11,23H,1-8H2/t9-,10+,11?. The number of alkyl halides is 3. The van der Waals surface area contributed by atoms with E-state index >= 15 is 0 Å². The molecule has 1 saturated carbocycles. The van der Waals surface area contributed by atoms with Gasteiger partial charge in [-0.15, -0.1) is 0 Å². The molecule has 1 N–H and O–H groups in total. The van der Waals surface area contributed by atoms with Crippen LogP contribution in [-0.4, -0.2) is 34.3 Å². The van der Waals surface area contributed by atoms with Crippen LogP contribution in [0.15, 0.2) is 0 Å². The fourth-order valence-electron chi connectivity index (χ4n) is 4.39. The summed E-state index contributed by atoms with van der Waals surface area (Å²) in [5, 5.41) is 9.70. The highest BCUT2D eigenvalue weighted by molar-refractivity contribution is 5.41. The van der Waals surface area contributed by atoms with Gasteiger partial charge in [0.2, 0.25) is 5.95 Å². The van der Waals surface area contributed by atoms with Crippen LogP contribution in [0.3, 0.4) is 0 Å². The predicted molar refractivity (Wildman–Crippen MR) is 78.1 cm³/mol. The van der Waals surface area contributed by atoms with Crippen molar-refractivity contribution in [2.45, 2.75) is 50.8 Å². The highest BCUT2D eigenvalue weighted by atomic mass is 19.4. The van der Waals surface area contributed by atoms with Gasteiger partial charge in [0.25, 0.3) is 0 Å². The Morgan fingerprint density at radius 3 is 2.30 bits per heavy atom. The van der Waals surface area contributed by atoms with Crippen molar-refractivity contribution in [1.29, 1.82) is 0 Å². The van der Waals surface area contributed by atoms with Gasteiger partial charge in [-0.25, -0.2) is 9.97 Å². The summed E-state index contributed by atoms with van der Waals surface area (Å²) in [4.78, 5) is 10.3. The van der Waals surface area contributed by atoms with E-state index in [1.807, 2.05) is 4.90 Å². The minimum atomic E-state index is -4.43. The second-order valence-electron chi connectivity index (χ2n) is 7.05. The van der Waals surface area contributed by atoms with Crippen molar-refractivity contribution in [3.05, 3.63) is 17.0 Å². The van der Waals surface area contributed by atoms with Crippen molar-refractivity contribution in [2.24, 2.45) is 11.8 Å². The Balaban J connectivity index is 1.67. The third kappa shape index (κ3) is 2.69. The van der Waals surface area contributed by atoms with E-state index in [-0.39, 0.29) is 12.1 Å². The summed E-state index contributed by atoms with van der Waals surface area (Å²) in [5.41, 5.74) is 0.127. The summed E-state index contributed by atoms with van der Waals surface area (Å²) in [5.74, 6) is 0.916. The Morgan fingerprint density at radius 2 is 1.65 bits per heavy atom. The summed E-state index contributed by atoms with van der Waals surface area (Å²) in [6.07, 6.45) is -0.540. The first-order valence-electron chi connectivity index (χ1n) is 8.32. The molecular weight excluding hydrogens is 307 g/mol. The number of nitrogens with zero attached hydrogens (tertiary/aromatic N) is 3. The molecule has 3 atom stereocenters. The van der Waals surface area contributed by atoms with E-state index in [1.54, 1.807) is 0 Å². The van der Waals surface area contributed by atoms with E-state index in [9.17, 15) is 18.3 Å². The van der Waals surface area contributed by atoms with Crippen LogP contribution in [0.1, 0.15) is 42.6 Å². The maximum Gasteiger partial charge on any atom is 0.433 e. The van der Waals surface area contributed by atoms with Crippen molar-refractivity contribution in [3.8, 4) is 0 Å². The van der Waals surface area contributed by atoms with Crippen molar-refractivity contribution in [3.63, 3.8) is 0 Å². The lowest BCUT2D eigenvalue weighted by Crippen LogP contribution is -2.28. The third-order valence-electron chi connectivity index (χ3n) is 5.45. The molecule has 4 nitrogen and oxygen atoms in total. The molecule has 1 unspecified atom stereocenters. The van der Waals surface area contributed by atoms with Gasteiger partial charge in [-0.2, -0.15) is 13.2 Å². The van der Waals surface area contributed by atoms with Gasteiger partial charge in [-0.1, -0.05) is 0 Å². The molecule has 7 heteroatoms. The zero-order valence-electron chi connectivity index (χ0n) is 12.8. The van der Waals surface area contributed by atoms with Crippen molar-refractivity contribution in [2.75, 3.05) is 18.0 Å². The average Bonchev–Trinajstić information content (AvgIpc) is 3.02. The van der Waals surface area contributed by atoms with Crippen LogP contribution in [0.25, 0.3) is 0 Å². The number of anilines is 1. The largest absolute Gasteiger partial charge is 0.433 e. The van der Waals surface area contributed by atoms with Crippen LogP contribution in [-0.2, 0) is 19.0 Å². The summed E-state index contributed by atoms with van der Waals surface area (Å²) < 4.78 is 40.1. The smallest absolute Gasteiger partial charge is 0.393 e. The molecule has 0 aromatic carbocycles. The predicted octanol–water partition coefficient (Wildman–Crippen LogP) is 2.58.